The highest BCUT2D eigenvalue weighted by molar-refractivity contribution is 5.87. The molecule has 1 fully saturated rings. The molecule has 0 aromatic heterocycles. The lowest BCUT2D eigenvalue weighted by Crippen LogP contribution is -2.47. The summed E-state index contributed by atoms with van der Waals surface area (Å²) < 4.78 is 10.2. The molecule has 1 heterocycles. The van der Waals surface area contributed by atoms with Crippen LogP contribution in [-0.2, 0) is 25.5 Å². The highest BCUT2D eigenvalue weighted by Crippen LogP contribution is 2.17. The first-order valence-electron chi connectivity index (χ1n) is 7.58. The van der Waals surface area contributed by atoms with Gasteiger partial charge in [0.1, 0.15) is 12.1 Å². The van der Waals surface area contributed by atoms with Gasteiger partial charge < -0.3 is 14.8 Å². The van der Waals surface area contributed by atoms with Gasteiger partial charge >= 0.3 is 5.97 Å². The summed E-state index contributed by atoms with van der Waals surface area (Å²) in [7, 11) is 1.33. The predicted molar refractivity (Wildman–Crippen MR) is 82.5 cm³/mol. The zero-order valence-corrected chi connectivity index (χ0v) is 13.3. The third-order valence-corrected chi connectivity index (χ3v) is 4.08. The van der Waals surface area contributed by atoms with E-state index in [2.05, 4.69) is 5.32 Å². The van der Waals surface area contributed by atoms with Gasteiger partial charge in [0.15, 0.2) is 0 Å². The van der Waals surface area contributed by atoms with E-state index in [4.69, 9.17) is 9.47 Å². The Kier molecular flexibility index (Phi) is 5.55. The number of ether oxygens (including phenoxy) is 2. The maximum Gasteiger partial charge on any atom is 0.328 e. The zero-order chi connectivity index (χ0) is 16.1. The summed E-state index contributed by atoms with van der Waals surface area (Å²) in [6.45, 7) is 4.59. The lowest BCUT2D eigenvalue weighted by molar-refractivity contribution is -0.146. The van der Waals surface area contributed by atoms with Crippen LogP contribution in [-0.4, -0.2) is 37.7 Å². The maximum atomic E-state index is 12.2. The van der Waals surface area contributed by atoms with Crippen LogP contribution < -0.4 is 5.32 Å². The molecule has 0 aliphatic carbocycles. The second-order valence-corrected chi connectivity index (χ2v) is 5.66. The van der Waals surface area contributed by atoms with Crippen LogP contribution in [0.15, 0.2) is 18.2 Å². The van der Waals surface area contributed by atoms with Crippen molar-refractivity contribution in [3.8, 4) is 0 Å². The summed E-state index contributed by atoms with van der Waals surface area (Å²) >= 11 is 0. The molecule has 2 rings (SSSR count). The molecule has 1 saturated heterocycles. The highest BCUT2D eigenvalue weighted by Gasteiger charge is 2.29. The Bertz CT molecular complexity index is 529. The Morgan fingerprint density at radius 3 is 2.59 bits per heavy atom. The SMILES string of the molecule is COC(=O)[C@H](Cc1c(C)cccc1C)NC(=O)[C@@H]1CCCO1. The van der Waals surface area contributed by atoms with Crippen molar-refractivity contribution < 1.29 is 19.1 Å². The fourth-order valence-electron chi connectivity index (χ4n) is 2.76. The third-order valence-electron chi connectivity index (χ3n) is 4.08. The summed E-state index contributed by atoms with van der Waals surface area (Å²) in [5.41, 5.74) is 3.26. The molecule has 0 radical (unpaired) electrons. The number of methoxy groups -OCH3 is 1. The molecule has 120 valence electrons. The van der Waals surface area contributed by atoms with Crippen molar-refractivity contribution in [1.29, 1.82) is 0 Å². The number of rotatable bonds is 5. The number of amides is 1. The Morgan fingerprint density at radius 2 is 2.05 bits per heavy atom. The van der Waals surface area contributed by atoms with Gasteiger partial charge in [0.05, 0.1) is 7.11 Å². The van der Waals surface area contributed by atoms with Crippen LogP contribution in [0, 0.1) is 13.8 Å². The lowest BCUT2D eigenvalue weighted by atomic mass is 9.96. The predicted octanol–water partition coefficient (Wildman–Crippen LogP) is 1.68. The number of benzene rings is 1. The van der Waals surface area contributed by atoms with Crippen molar-refractivity contribution in [1.82, 2.24) is 5.32 Å². The van der Waals surface area contributed by atoms with Crippen molar-refractivity contribution in [2.24, 2.45) is 0 Å². The molecule has 1 amide bonds. The van der Waals surface area contributed by atoms with Gasteiger partial charge in [0.25, 0.3) is 0 Å². The first-order chi connectivity index (χ1) is 10.5. The van der Waals surface area contributed by atoms with Crippen LogP contribution in [0.2, 0.25) is 0 Å². The quantitative estimate of drug-likeness (QED) is 0.841. The molecule has 1 aliphatic heterocycles. The van der Waals surface area contributed by atoms with Gasteiger partial charge in [-0.2, -0.15) is 0 Å². The number of carbonyl (C=O) groups excluding carboxylic acids is 2. The second kappa shape index (κ2) is 7.40. The van der Waals surface area contributed by atoms with Crippen LogP contribution >= 0.6 is 0 Å². The molecule has 2 atom stereocenters. The summed E-state index contributed by atoms with van der Waals surface area (Å²) in [4.78, 5) is 24.2. The largest absolute Gasteiger partial charge is 0.467 e. The molecule has 1 aromatic carbocycles. The fraction of sp³-hybridized carbons (Fsp3) is 0.529. The first-order valence-corrected chi connectivity index (χ1v) is 7.58. The van der Waals surface area contributed by atoms with E-state index in [1.54, 1.807) is 0 Å². The summed E-state index contributed by atoms with van der Waals surface area (Å²) in [6, 6.07) is 5.28. The van der Waals surface area contributed by atoms with Crippen molar-refractivity contribution in [2.45, 2.75) is 45.3 Å². The van der Waals surface area contributed by atoms with E-state index in [0.29, 0.717) is 19.4 Å². The summed E-state index contributed by atoms with van der Waals surface area (Å²) in [5, 5.41) is 2.77. The van der Waals surface area contributed by atoms with Crippen LogP contribution in [0.1, 0.15) is 29.5 Å². The first kappa shape index (κ1) is 16.5. The van der Waals surface area contributed by atoms with E-state index in [9.17, 15) is 9.59 Å². The van der Waals surface area contributed by atoms with E-state index in [1.165, 1.54) is 7.11 Å². The third kappa shape index (κ3) is 3.85. The number of nitrogens with one attached hydrogen (secondary N) is 1. The normalized spacial score (nSPS) is 18.8. The molecule has 1 aliphatic rings. The average Bonchev–Trinajstić information content (AvgIpc) is 3.03. The van der Waals surface area contributed by atoms with Gasteiger partial charge in [-0.15, -0.1) is 0 Å². The minimum Gasteiger partial charge on any atom is -0.467 e. The van der Waals surface area contributed by atoms with E-state index in [-0.39, 0.29) is 5.91 Å². The van der Waals surface area contributed by atoms with Crippen LogP contribution in [0.25, 0.3) is 0 Å². The van der Waals surface area contributed by atoms with E-state index in [1.807, 2.05) is 32.0 Å². The van der Waals surface area contributed by atoms with Gasteiger partial charge in [-0.25, -0.2) is 4.79 Å². The zero-order valence-electron chi connectivity index (χ0n) is 13.3. The fourth-order valence-corrected chi connectivity index (χ4v) is 2.76. The molecular formula is C17H23NO4. The van der Waals surface area contributed by atoms with Gasteiger partial charge in [0, 0.05) is 13.0 Å². The molecule has 0 bridgehead atoms. The topological polar surface area (TPSA) is 64.6 Å². The van der Waals surface area contributed by atoms with Crippen molar-refractivity contribution in [2.75, 3.05) is 13.7 Å². The highest BCUT2D eigenvalue weighted by atomic mass is 16.5. The van der Waals surface area contributed by atoms with Crippen molar-refractivity contribution in [3.63, 3.8) is 0 Å². The Morgan fingerprint density at radius 1 is 1.36 bits per heavy atom. The molecule has 0 spiro atoms. The molecular weight excluding hydrogens is 282 g/mol. The number of esters is 1. The number of hydrogen-bond donors (Lipinski definition) is 1. The molecule has 22 heavy (non-hydrogen) atoms. The van der Waals surface area contributed by atoms with Crippen molar-refractivity contribution >= 4 is 11.9 Å². The van der Waals surface area contributed by atoms with Gasteiger partial charge in [-0.1, -0.05) is 18.2 Å². The smallest absolute Gasteiger partial charge is 0.328 e. The molecule has 0 saturated carbocycles. The summed E-state index contributed by atoms with van der Waals surface area (Å²) in [5.74, 6) is -0.673. The minimum absolute atomic E-state index is 0.237. The van der Waals surface area contributed by atoms with E-state index >= 15 is 0 Å². The molecule has 5 heteroatoms. The Balaban J connectivity index is 2.12. The van der Waals surface area contributed by atoms with Gasteiger partial charge in [-0.3, -0.25) is 4.79 Å². The number of hydrogen-bond acceptors (Lipinski definition) is 4. The molecule has 5 nitrogen and oxygen atoms in total. The van der Waals surface area contributed by atoms with E-state index in [0.717, 1.165) is 23.1 Å². The van der Waals surface area contributed by atoms with Crippen LogP contribution in [0.4, 0.5) is 0 Å². The van der Waals surface area contributed by atoms with E-state index < -0.39 is 18.1 Å². The Labute approximate surface area is 131 Å². The molecule has 0 unspecified atom stereocenters. The molecule has 1 N–H and O–H groups in total. The maximum absolute atomic E-state index is 12.2. The van der Waals surface area contributed by atoms with Gasteiger partial charge in [-0.05, 0) is 43.4 Å². The number of aryl methyl sites for hydroxylation is 2. The minimum atomic E-state index is -0.693. The Hall–Kier alpha value is -1.88. The summed E-state index contributed by atoms with van der Waals surface area (Å²) in [6.07, 6.45) is 1.54. The average molecular weight is 305 g/mol. The number of carbonyl (C=O) groups is 2. The lowest BCUT2D eigenvalue weighted by Gasteiger charge is -2.20. The van der Waals surface area contributed by atoms with Gasteiger partial charge in [0.2, 0.25) is 5.91 Å². The standard InChI is InChI=1S/C17H23NO4/c1-11-6-4-7-12(2)13(11)10-14(17(20)21-3)18-16(19)15-8-5-9-22-15/h4,6-7,14-15H,5,8-10H2,1-3H3,(H,18,19)/t14-,15-/m0/s1. The molecule has 1 aromatic rings. The van der Waals surface area contributed by atoms with Crippen LogP contribution in [0.5, 0.6) is 0 Å². The monoisotopic (exact) mass is 305 g/mol. The van der Waals surface area contributed by atoms with Crippen molar-refractivity contribution in [3.05, 3.63) is 34.9 Å². The van der Waals surface area contributed by atoms with Crippen LogP contribution in [0.3, 0.4) is 0 Å². The second-order valence-electron chi connectivity index (χ2n) is 5.66.